The minimum atomic E-state index is -1.25. The summed E-state index contributed by atoms with van der Waals surface area (Å²) in [5, 5.41) is 1.82. The Labute approximate surface area is 143 Å². The largest absolute Gasteiger partial charge is 0.449 e. The highest BCUT2D eigenvalue weighted by Crippen LogP contribution is 2.16. The SMILES string of the molecule is C[C@@H](OC(=O)c1ccccc1C(=O)c1ccccc1)C(=O)NC(N)=O. The Hall–Kier alpha value is -3.48. The van der Waals surface area contributed by atoms with Crippen molar-refractivity contribution in [2.24, 2.45) is 5.73 Å². The van der Waals surface area contributed by atoms with Crippen LogP contribution < -0.4 is 11.1 Å². The topological polar surface area (TPSA) is 116 Å². The molecule has 0 radical (unpaired) electrons. The number of urea groups is 1. The number of carbonyl (C=O) groups is 4. The molecule has 0 aliphatic carbocycles. The summed E-state index contributed by atoms with van der Waals surface area (Å²) in [5.74, 6) is -2.05. The number of primary amides is 1. The lowest BCUT2D eigenvalue weighted by Crippen LogP contribution is -2.42. The number of esters is 1. The maximum atomic E-state index is 12.6. The number of rotatable bonds is 5. The zero-order valence-electron chi connectivity index (χ0n) is 13.4. The van der Waals surface area contributed by atoms with Crippen LogP contribution in [0, 0.1) is 0 Å². The fraction of sp³-hybridized carbons (Fsp3) is 0.111. The maximum absolute atomic E-state index is 12.6. The summed E-state index contributed by atoms with van der Waals surface area (Å²) >= 11 is 0. The van der Waals surface area contributed by atoms with Crippen molar-refractivity contribution in [3.63, 3.8) is 0 Å². The van der Waals surface area contributed by atoms with Gasteiger partial charge in [0.25, 0.3) is 5.91 Å². The molecule has 0 saturated heterocycles. The highest BCUT2D eigenvalue weighted by molar-refractivity contribution is 6.14. The molecule has 7 nitrogen and oxygen atoms in total. The first-order valence-corrected chi connectivity index (χ1v) is 7.40. The molecule has 0 aliphatic rings. The van der Waals surface area contributed by atoms with E-state index < -0.39 is 24.0 Å². The van der Waals surface area contributed by atoms with Gasteiger partial charge in [0.1, 0.15) is 0 Å². The summed E-state index contributed by atoms with van der Waals surface area (Å²) in [6, 6.07) is 13.5. The van der Waals surface area contributed by atoms with E-state index in [-0.39, 0.29) is 16.9 Å². The van der Waals surface area contributed by atoms with Crippen molar-refractivity contribution in [2.45, 2.75) is 13.0 Å². The Balaban J connectivity index is 2.22. The number of hydrogen-bond donors (Lipinski definition) is 2. The molecule has 0 aromatic heterocycles. The number of benzene rings is 2. The third kappa shape index (κ3) is 4.51. The number of imide groups is 1. The Morgan fingerprint density at radius 3 is 2.08 bits per heavy atom. The smallest absolute Gasteiger partial charge is 0.339 e. The summed E-state index contributed by atoms with van der Waals surface area (Å²) < 4.78 is 5.01. The van der Waals surface area contributed by atoms with Crippen LogP contribution in [0.2, 0.25) is 0 Å². The van der Waals surface area contributed by atoms with Gasteiger partial charge in [-0.3, -0.25) is 14.9 Å². The average Bonchev–Trinajstić information content (AvgIpc) is 2.61. The van der Waals surface area contributed by atoms with Gasteiger partial charge in [-0.2, -0.15) is 0 Å². The first kappa shape index (κ1) is 17.9. The van der Waals surface area contributed by atoms with E-state index in [0.717, 1.165) is 0 Å². The van der Waals surface area contributed by atoms with Gasteiger partial charge in [0.15, 0.2) is 11.9 Å². The van der Waals surface area contributed by atoms with Gasteiger partial charge in [0, 0.05) is 11.1 Å². The summed E-state index contributed by atoms with van der Waals surface area (Å²) in [5.41, 5.74) is 5.44. The molecule has 2 aromatic carbocycles. The highest BCUT2D eigenvalue weighted by Gasteiger charge is 2.23. The molecule has 0 spiro atoms. The van der Waals surface area contributed by atoms with Crippen LogP contribution in [-0.4, -0.2) is 29.8 Å². The minimum Gasteiger partial charge on any atom is -0.449 e. The lowest BCUT2D eigenvalue weighted by Gasteiger charge is -2.13. The Bertz CT molecular complexity index is 817. The molecule has 7 heteroatoms. The molecule has 3 N–H and O–H groups in total. The summed E-state index contributed by atoms with van der Waals surface area (Å²) in [6.07, 6.45) is -1.25. The standard InChI is InChI=1S/C18H16N2O5/c1-11(16(22)20-18(19)24)25-17(23)14-10-6-5-9-13(14)15(21)12-7-3-2-4-8-12/h2-11H,1H3,(H3,19,20,22,24)/t11-/m1/s1. The molecule has 1 atom stereocenters. The van der Waals surface area contributed by atoms with Gasteiger partial charge in [-0.1, -0.05) is 48.5 Å². The van der Waals surface area contributed by atoms with E-state index in [1.54, 1.807) is 42.5 Å². The van der Waals surface area contributed by atoms with Gasteiger partial charge in [0.05, 0.1) is 5.56 Å². The van der Waals surface area contributed by atoms with E-state index in [2.05, 4.69) is 0 Å². The molecule has 2 rings (SSSR count). The number of hydrogen-bond acceptors (Lipinski definition) is 5. The van der Waals surface area contributed by atoms with Crippen molar-refractivity contribution in [3.05, 3.63) is 71.3 Å². The molecule has 0 heterocycles. The second kappa shape index (κ2) is 7.87. The molecule has 0 saturated carbocycles. The van der Waals surface area contributed by atoms with Gasteiger partial charge >= 0.3 is 12.0 Å². The molecule has 128 valence electrons. The number of carbonyl (C=O) groups excluding carboxylic acids is 4. The lowest BCUT2D eigenvalue weighted by atomic mass is 9.98. The number of ketones is 1. The number of nitrogens with one attached hydrogen (secondary N) is 1. The van der Waals surface area contributed by atoms with E-state index in [9.17, 15) is 19.2 Å². The second-order valence-corrected chi connectivity index (χ2v) is 5.14. The van der Waals surface area contributed by atoms with Crippen molar-refractivity contribution < 1.29 is 23.9 Å². The van der Waals surface area contributed by atoms with Crippen LogP contribution in [0.4, 0.5) is 4.79 Å². The van der Waals surface area contributed by atoms with E-state index in [1.165, 1.54) is 19.1 Å². The molecular formula is C18H16N2O5. The molecule has 2 aromatic rings. The lowest BCUT2D eigenvalue weighted by molar-refractivity contribution is -0.127. The Morgan fingerprint density at radius 1 is 0.920 bits per heavy atom. The molecular weight excluding hydrogens is 324 g/mol. The zero-order chi connectivity index (χ0) is 18.4. The number of nitrogens with two attached hydrogens (primary N) is 1. The predicted molar refractivity (Wildman–Crippen MR) is 88.9 cm³/mol. The van der Waals surface area contributed by atoms with Gasteiger partial charge in [-0.25, -0.2) is 9.59 Å². The first-order valence-electron chi connectivity index (χ1n) is 7.40. The summed E-state index contributed by atoms with van der Waals surface area (Å²) in [4.78, 5) is 47.2. The van der Waals surface area contributed by atoms with Crippen LogP contribution in [0.25, 0.3) is 0 Å². The third-order valence-electron chi connectivity index (χ3n) is 3.33. The van der Waals surface area contributed by atoms with Crippen molar-refractivity contribution in [3.8, 4) is 0 Å². The number of ether oxygens (including phenoxy) is 1. The molecule has 3 amide bonds. The number of amides is 3. The molecule has 0 bridgehead atoms. The van der Waals surface area contributed by atoms with E-state index in [4.69, 9.17) is 10.5 Å². The molecule has 25 heavy (non-hydrogen) atoms. The average molecular weight is 340 g/mol. The Morgan fingerprint density at radius 2 is 1.48 bits per heavy atom. The van der Waals surface area contributed by atoms with Gasteiger partial charge in [-0.15, -0.1) is 0 Å². The fourth-order valence-electron chi connectivity index (χ4n) is 2.10. The fourth-order valence-corrected chi connectivity index (χ4v) is 2.10. The van der Waals surface area contributed by atoms with E-state index in [0.29, 0.717) is 5.56 Å². The minimum absolute atomic E-state index is 0.0232. The van der Waals surface area contributed by atoms with Crippen LogP contribution in [0.3, 0.4) is 0 Å². The predicted octanol–water partition coefficient (Wildman–Crippen LogP) is 1.66. The summed E-state index contributed by atoms with van der Waals surface area (Å²) in [7, 11) is 0. The Kier molecular flexibility index (Phi) is 5.62. The molecule has 0 aliphatic heterocycles. The third-order valence-corrected chi connectivity index (χ3v) is 3.33. The molecule has 0 unspecified atom stereocenters. The highest BCUT2D eigenvalue weighted by atomic mass is 16.5. The second-order valence-electron chi connectivity index (χ2n) is 5.14. The summed E-state index contributed by atoms with van der Waals surface area (Å²) in [6.45, 7) is 1.29. The van der Waals surface area contributed by atoms with Crippen molar-refractivity contribution in [1.29, 1.82) is 0 Å². The van der Waals surface area contributed by atoms with Gasteiger partial charge in [0.2, 0.25) is 0 Å². The van der Waals surface area contributed by atoms with Crippen LogP contribution in [0.1, 0.15) is 33.2 Å². The van der Waals surface area contributed by atoms with Crippen LogP contribution in [-0.2, 0) is 9.53 Å². The first-order chi connectivity index (χ1) is 11.9. The maximum Gasteiger partial charge on any atom is 0.339 e. The molecule has 0 fully saturated rings. The van der Waals surface area contributed by atoms with Crippen molar-refractivity contribution >= 4 is 23.7 Å². The van der Waals surface area contributed by atoms with Gasteiger partial charge < -0.3 is 10.5 Å². The zero-order valence-corrected chi connectivity index (χ0v) is 13.4. The van der Waals surface area contributed by atoms with Crippen molar-refractivity contribution in [2.75, 3.05) is 0 Å². The van der Waals surface area contributed by atoms with Crippen LogP contribution >= 0.6 is 0 Å². The van der Waals surface area contributed by atoms with Crippen molar-refractivity contribution in [1.82, 2.24) is 5.32 Å². The monoisotopic (exact) mass is 340 g/mol. The van der Waals surface area contributed by atoms with E-state index in [1.807, 2.05) is 5.32 Å². The van der Waals surface area contributed by atoms with Crippen LogP contribution in [0.5, 0.6) is 0 Å². The van der Waals surface area contributed by atoms with Crippen LogP contribution in [0.15, 0.2) is 54.6 Å². The van der Waals surface area contributed by atoms with E-state index >= 15 is 0 Å². The van der Waals surface area contributed by atoms with Gasteiger partial charge in [-0.05, 0) is 13.0 Å². The quantitative estimate of drug-likeness (QED) is 0.634. The normalized spacial score (nSPS) is 11.2.